The predicted molar refractivity (Wildman–Crippen MR) is 112 cm³/mol. The van der Waals surface area contributed by atoms with Crippen molar-refractivity contribution in [1.82, 2.24) is 0 Å². The van der Waals surface area contributed by atoms with Gasteiger partial charge in [0.25, 0.3) is 0 Å². The topological polar surface area (TPSA) is 47.6 Å². The summed E-state index contributed by atoms with van der Waals surface area (Å²) < 4.78 is 11.0. The van der Waals surface area contributed by atoms with E-state index in [4.69, 9.17) is 9.47 Å². The number of anilines is 1. The van der Waals surface area contributed by atoms with Crippen molar-refractivity contribution < 1.29 is 14.3 Å². The number of ketones is 1. The summed E-state index contributed by atoms with van der Waals surface area (Å²) in [6, 6.07) is 22.6. The summed E-state index contributed by atoms with van der Waals surface area (Å²) in [4.78, 5) is 12.2. The SMILES string of the molecule is CCc1ccc(C(=O)/C=C/Nc2ccc(Oc3cccc(OC)c3)cc2)cc1. The molecule has 28 heavy (non-hydrogen) atoms. The normalized spacial score (nSPS) is 10.6. The fourth-order valence-electron chi connectivity index (χ4n) is 2.63. The number of methoxy groups -OCH3 is 1. The highest BCUT2D eigenvalue weighted by Gasteiger charge is 2.02. The van der Waals surface area contributed by atoms with E-state index in [2.05, 4.69) is 12.2 Å². The molecule has 3 aromatic rings. The summed E-state index contributed by atoms with van der Waals surface area (Å²) in [6.07, 6.45) is 4.14. The molecule has 0 spiro atoms. The van der Waals surface area contributed by atoms with Gasteiger partial charge < -0.3 is 14.8 Å². The van der Waals surface area contributed by atoms with Gasteiger partial charge in [0.1, 0.15) is 17.2 Å². The molecule has 0 atom stereocenters. The summed E-state index contributed by atoms with van der Waals surface area (Å²) >= 11 is 0. The van der Waals surface area contributed by atoms with Gasteiger partial charge in [0.15, 0.2) is 5.78 Å². The van der Waals surface area contributed by atoms with Gasteiger partial charge >= 0.3 is 0 Å². The van der Waals surface area contributed by atoms with Crippen molar-refractivity contribution >= 4 is 11.5 Å². The molecule has 0 aliphatic rings. The Balaban J connectivity index is 1.56. The zero-order chi connectivity index (χ0) is 19.8. The van der Waals surface area contributed by atoms with Crippen LogP contribution in [0.5, 0.6) is 17.2 Å². The standard InChI is InChI=1S/C24H23NO3/c1-3-18-7-9-19(10-8-18)24(26)15-16-25-20-11-13-21(14-12-20)28-23-6-4-5-22(17-23)27-2/h4-17,25H,3H2,1-2H3/b16-15+. The quantitative estimate of drug-likeness (QED) is 0.397. The van der Waals surface area contributed by atoms with Crippen LogP contribution in [-0.4, -0.2) is 12.9 Å². The molecule has 0 saturated heterocycles. The Labute approximate surface area is 165 Å². The van der Waals surface area contributed by atoms with Crippen molar-refractivity contribution in [1.29, 1.82) is 0 Å². The first-order valence-electron chi connectivity index (χ1n) is 9.16. The number of carbonyl (C=O) groups is 1. The maximum Gasteiger partial charge on any atom is 0.187 e. The van der Waals surface area contributed by atoms with Crippen LogP contribution in [0.4, 0.5) is 5.69 Å². The molecule has 0 radical (unpaired) electrons. The second-order valence-corrected chi connectivity index (χ2v) is 6.20. The molecule has 0 bridgehead atoms. The predicted octanol–water partition coefficient (Wildman–Crippen LogP) is 5.86. The zero-order valence-electron chi connectivity index (χ0n) is 16.0. The fraction of sp³-hybridized carbons (Fsp3) is 0.125. The van der Waals surface area contributed by atoms with Crippen molar-refractivity contribution in [2.45, 2.75) is 13.3 Å². The van der Waals surface area contributed by atoms with Crippen LogP contribution in [-0.2, 0) is 6.42 Å². The average molecular weight is 373 g/mol. The van der Waals surface area contributed by atoms with Gasteiger partial charge in [-0.05, 0) is 48.4 Å². The van der Waals surface area contributed by atoms with E-state index < -0.39 is 0 Å². The van der Waals surface area contributed by atoms with Crippen LogP contribution in [0.15, 0.2) is 85.1 Å². The number of hydrogen-bond acceptors (Lipinski definition) is 4. The van der Waals surface area contributed by atoms with E-state index in [1.165, 1.54) is 11.6 Å². The van der Waals surface area contributed by atoms with Crippen molar-refractivity contribution in [3.05, 3.63) is 96.2 Å². The number of hydrogen-bond donors (Lipinski definition) is 1. The minimum atomic E-state index is -0.0341. The summed E-state index contributed by atoms with van der Waals surface area (Å²) in [5.41, 5.74) is 2.76. The smallest absolute Gasteiger partial charge is 0.187 e. The summed E-state index contributed by atoms with van der Waals surface area (Å²) in [5.74, 6) is 2.14. The molecule has 0 aliphatic carbocycles. The molecule has 3 rings (SSSR count). The number of carbonyl (C=O) groups excluding carboxylic acids is 1. The average Bonchev–Trinajstić information content (AvgIpc) is 2.75. The second-order valence-electron chi connectivity index (χ2n) is 6.20. The molecule has 0 fully saturated rings. The van der Waals surface area contributed by atoms with E-state index >= 15 is 0 Å². The zero-order valence-corrected chi connectivity index (χ0v) is 16.0. The van der Waals surface area contributed by atoms with Gasteiger partial charge in [-0.15, -0.1) is 0 Å². The van der Waals surface area contributed by atoms with Crippen LogP contribution in [0.25, 0.3) is 0 Å². The maximum atomic E-state index is 12.2. The minimum absolute atomic E-state index is 0.0341. The van der Waals surface area contributed by atoms with E-state index in [9.17, 15) is 4.79 Å². The fourth-order valence-corrected chi connectivity index (χ4v) is 2.63. The molecule has 4 heteroatoms. The van der Waals surface area contributed by atoms with E-state index in [-0.39, 0.29) is 5.78 Å². The van der Waals surface area contributed by atoms with Gasteiger partial charge in [-0.25, -0.2) is 0 Å². The molecule has 0 aromatic heterocycles. The van der Waals surface area contributed by atoms with Crippen LogP contribution < -0.4 is 14.8 Å². The van der Waals surface area contributed by atoms with Crippen molar-refractivity contribution in [3.8, 4) is 17.2 Å². The lowest BCUT2D eigenvalue weighted by molar-refractivity contribution is 0.104. The van der Waals surface area contributed by atoms with E-state index in [1.807, 2.05) is 72.8 Å². The number of rotatable bonds is 8. The first-order chi connectivity index (χ1) is 13.7. The molecule has 0 unspecified atom stereocenters. The summed E-state index contributed by atoms with van der Waals surface area (Å²) in [7, 11) is 1.62. The maximum absolute atomic E-state index is 12.2. The molecule has 4 nitrogen and oxygen atoms in total. The molecule has 3 aromatic carbocycles. The molecule has 0 amide bonds. The molecular weight excluding hydrogens is 350 g/mol. The summed E-state index contributed by atoms with van der Waals surface area (Å²) in [6.45, 7) is 2.09. The highest BCUT2D eigenvalue weighted by atomic mass is 16.5. The molecule has 1 N–H and O–H groups in total. The van der Waals surface area contributed by atoms with E-state index in [1.54, 1.807) is 13.3 Å². The second kappa shape index (κ2) is 9.42. The summed E-state index contributed by atoms with van der Waals surface area (Å²) in [5, 5.41) is 3.10. The third-order valence-corrected chi connectivity index (χ3v) is 4.26. The lowest BCUT2D eigenvalue weighted by Crippen LogP contribution is -1.96. The van der Waals surface area contributed by atoms with Gasteiger partial charge in [-0.1, -0.05) is 37.3 Å². The Hall–Kier alpha value is -3.53. The third kappa shape index (κ3) is 5.24. The van der Waals surface area contributed by atoms with Crippen molar-refractivity contribution in [2.24, 2.45) is 0 Å². The Bertz CT molecular complexity index is 944. The Morgan fingerprint density at radius 2 is 1.64 bits per heavy atom. The molecule has 0 heterocycles. The van der Waals surface area contributed by atoms with Crippen LogP contribution in [0, 0.1) is 0 Å². The monoisotopic (exact) mass is 373 g/mol. The van der Waals surface area contributed by atoms with Gasteiger partial charge in [0.05, 0.1) is 7.11 Å². The van der Waals surface area contributed by atoms with Gasteiger partial charge in [0, 0.05) is 29.6 Å². The van der Waals surface area contributed by atoms with Crippen molar-refractivity contribution in [2.75, 3.05) is 12.4 Å². The molecule has 0 saturated carbocycles. The number of allylic oxidation sites excluding steroid dienone is 1. The molecular formula is C24H23NO3. The highest BCUT2D eigenvalue weighted by Crippen LogP contribution is 2.26. The molecule has 0 aliphatic heterocycles. The number of ether oxygens (including phenoxy) is 2. The largest absolute Gasteiger partial charge is 0.497 e. The highest BCUT2D eigenvalue weighted by molar-refractivity contribution is 6.04. The lowest BCUT2D eigenvalue weighted by Gasteiger charge is -2.08. The van der Waals surface area contributed by atoms with Crippen LogP contribution in [0.1, 0.15) is 22.8 Å². The van der Waals surface area contributed by atoms with Crippen LogP contribution >= 0.6 is 0 Å². The van der Waals surface area contributed by atoms with Gasteiger partial charge in [-0.3, -0.25) is 4.79 Å². The first kappa shape index (κ1) is 19.2. The Kier molecular flexibility index (Phi) is 6.47. The Morgan fingerprint density at radius 3 is 2.32 bits per heavy atom. The minimum Gasteiger partial charge on any atom is -0.497 e. The van der Waals surface area contributed by atoms with Crippen LogP contribution in [0.3, 0.4) is 0 Å². The van der Waals surface area contributed by atoms with E-state index in [0.29, 0.717) is 11.3 Å². The Morgan fingerprint density at radius 1 is 0.929 bits per heavy atom. The third-order valence-electron chi connectivity index (χ3n) is 4.26. The first-order valence-corrected chi connectivity index (χ1v) is 9.16. The number of benzene rings is 3. The molecule has 142 valence electrons. The number of nitrogens with one attached hydrogen (secondary N) is 1. The van der Waals surface area contributed by atoms with Gasteiger partial charge in [-0.2, -0.15) is 0 Å². The van der Waals surface area contributed by atoms with E-state index in [0.717, 1.165) is 23.6 Å². The van der Waals surface area contributed by atoms with Crippen LogP contribution in [0.2, 0.25) is 0 Å². The van der Waals surface area contributed by atoms with Gasteiger partial charge in [0.2, 0.25) is 0 Å². The number of aryl methyl sites for hydroxylation is 1. The van der Waals surface area contributed by atoms with Crippen molar-refractivity contribution in [3.63, 3.8) is 0 Å². The lowest BCUT2D eigenvalue weighted by atomic mass is 10.1.